The molecule has 1 saturated heterocycles. The Morgan fingerprint density at radius 1 is 0.980 bits per heavy atom. The summed E-state index contributed by atoms with van der Waals surface area (Å²) < 4.78 is 5.38. The molecule has 5 rings (SSSR count). The molecule has 2 heterocycles. The SMILES string of the molecule is COc1ccc2[nH]cc(CCN3C(=O)CN(C(Cl)Cc4ccc(Cl)cc4)C(=O)C3CC(=O)N(CC(=O)O)C(Cl)Cc3ccc(Cl)cc3)c2c1. The molecular weight excluding hydrogens is 714 g/mol. The van der Waals surface area contributed by atoms with Crippen LogP contribution in [0.2, 0.25) is 10.0 Å². The fourth-order valence-corrected chi connectivity index (χ4v) is 6.83. The quantitative estimate of drug-likeness (QED) is 0.121. The molecule has 2 N–H and O–H groups in total. The van der Waals surface area contributed by atoms with E-state index in [4.69, 9.17) is 51.1 Å². The molecule has 14 heteroatoms. The van der Waals surface area contributed by atoms with Crippen LogP contribution in [0.5, 0.6) is 5.75 Å². The first-order valence-electron chi connectivity index (χ1n) is 15.5. The Labute approximate surface area is 303 Å². The van der Waals surface area contributed by atoms with E-state index in [1.807, 2.05) is 24.4 Å². The number of nitrogens with one attached hydrogen (secondary N) is 1. The van der Waals surface area contributed by atoms with Crippen molar-refractivity contribution in [2.24, 2.45) is 0 Å². The highest BCUT2D eigenvalue weighted by molar-refractivity contribution is 6.30. The highest BCUT2D eigenvalue weighted by atomic mass is 35.5. The van der Waals surface area contributed by atoms with Crippen LogP contribution < -0.4 is 4.74 Å². The van der Waals surface area contributed by atoms with E-state index in [9.17, 15) is 24.3 Å². The summed E-state index contributed by atoms with van der Waals surface area (Å²) in [5.41, 5.74) is 1.33. The van der Waals surface area contributed by atoms with Gasteiger partial charge in [0.15, 0.2) is 0 Å². The molecule has 1 aromatic heterocycles. The Morgan fingerprint density at radius 2 is 1.61 bits per heavy atom. The van der Waals surface area contributed by atoms with Crippen molar-refractivity contribution in [2.75, 3.05) is 26.7 Å². The van der Waals surface area contributed by atoms with Gasteiger partial charge in [0, 0.05) is 46.5 Å². The van der Waals surface area contributed by atoms with Crippen molar-refractivity contribution >= 4 is 81.0 Å². The van der Waals surface area contributed by atoms with Crippen LogP contribution in [0.3, 0.4) is 0 Å². The number of alkyl halides is 2. The second-order valence-electron chi connectivity index (χ2n) is 11.7. The summed E-state index contributed by atoms with van der Waals surface area (Å²) in [7, 11) is 1.57. The van der Waals surface area contributed by atoms with Crippen molar-refractivity contribution in [2.45, 2.75) is 42.7 Å². The molecule has 10 nitrogen and oxygen atoms in total. The Kier molecular flexibility index (Phi) is 12.0. The molecule has 3 aromatic carbocycles. The van der Waals surface area contributed by atoms with Gasteiger partial charge in [-0.1, -0.05) is 70.7 Å². The predicted octanol–water partition coefficient (Wildman–Crippen LogP) is 5.98. The van der Waals surface area contributed by atoms with Crippen LogP contribution in [0.15, 0.2) is 72.9 Å². The van der Waals surface area contributed by atoms with Gasteiger partial charge < -0.3 is 29.5 Å². The third-order valence-electron chi connectivity index (χ3n) is 8.47. The lowest BCUT2D eigenvalue weighted by Crippen LogP contribution is -2.63. The van der Waals surface area contributed by atoms with Gasteiger partial charge >= 0.3 is 5.97 Å². The molecular formula is C35H34Cl4N4O6. The Balaban J connectivity index is 1.40. The molecule has 0 radical (unpaired) electrons. The number of methoxy groups -OCH3 is 1. The van der Waals surface area contributed by atoms with E-state index >= 15 is 0 Å². The molecule has 258 valence electrons. The summed E-state index contributed by atoms with van der Waals surface area (Å²) in [6, 6.07) is 18.1. The smallest absolute Gasteiger partial charge is 0.323 e. The van der Waals surface area contributed by atoms with Crippen molar-refractivity contribution in [3.8, 4) is 5.75 Å². The number of amides is 3. The number of ether oxygens (including phenoxy) is 1. The van der Waals surface area contributed by atoms with Gasteiger partial charge in [-0.05, 0) is 65.6 Å². The fraction of sp³-hybridized carbons (Fsp3) is 0.314. The zero-order valence-electron chi connectivity index (χ0n) is 26.5. The molecule has 0 spiro atoms. The van der Waals surface area contributed by atoms with Crippen LogP contribution in [0.4, 0.5) is 0 Å². The molecule has 0 aliphatic carbocycles. The summed E-state index contributed by atoms with van der Waals surface area (Å²) in [5, 5.41) is 11.6. The second kappa shape index (κ2) is 16.2. The number of piperazine rings is 1. The number of carbonyl (C=O) groups is 4. The van der Waals surface area contributed by atoms with Gasteiger partial charge in [0.05, 0.1) is 13.5 Å². The maximum absolute atomic E-state index is 14.2. The van der Waals surface area contributed by atoms with Gasteiger partial charge in [-0.3, -0.25) is 19.2 Å². The maximum Gasteiger partial charge on any atom is 0.323 e. The first-order chi connectivity index (χ1) is 23.4. The van der Waals surface area contributed by atoms with Crippen LogP contribution >= 0.6 is 46.4 Å². The molecule has 0 saturated carbocycles. The number of aromatic amines is 1. The lowest BCUT2D eigenvalue weighted by Gasteiger charge is -2.42. The number of H-pyrrole nitrogens is 1. The first-order valence-corrected chi connectivity index (χ1v) is 17.1. The van der Waals surface area contributed by atoms with Crippen LogP contribution in [0, 0.1) is 0 Å². The zero-order chi connectivity index (χ0) is 35.2. The fourth-order valence-electron chi connectivity index (χ4n) is 5.88. The Morgan fingerprint density at radius 3 is 2.22 bits per heavy atom. The minimum absolute atomic E-state index is 0.110. The lowest BCUT2D eigenvalue weighted by molar-refractivity contribution is -0.159. The molecule has 3 amide bonds. The molecule has 1 aliphatic rings. The minimum atomic E-state index is -1.28. The molecule has 0 bridgehead atoms. The number of carboxylic acids is 1. The molecule has 49 heavy (non-hydrogen) atoms. The number of carbonyl (C=O) groups excluding carboxylic acids is 3. The first kappa shape index (κ1) is 36.3. The normalized spacial score (nSPS) is 16.1. The number of nitrogens with zero attached hydrogens (tertiary/aromatic N) is 3. The standard InChI is InChI=1S/C35H34Cl4N4O6/c1-49-26-10-11-28-27(16-26)23(18-40-28)12-13-41-29(35(48)43(19-33(41)45)31(39)15-22-4-8-25(37)9-5-22)17-32(44)42(20-34(46)47)30(38)14-21-2-6-24(36)7-3-21/h2-11,16,18,29-31,40H,12-15,17,19-20H2,1H3,(H,46,47). The molecule has 4 aromatic rings. The van der Waals surface area contributed by atoms with Crippen molar-refractivity contribution < 1.29 is 29.0 Å². The summed E-state index contributed by atoms with van der Waals surface area (Å²) in [4.78, 5) is 60.6. The highest BCUT2D eigenvalue weighted by Crippen LogP contribution is 2.27. The Bertz CT molecular complexity index is 1820. The van der Waals surface area contributed by atoms with Gasteiger partial charge in [0.25, 0.3) is 0 Å². The summed E-state index contributed by atoms with van der Waals surface area (Å²) in [6.45, 7) is -0.885. The van der Waals surface area contributed by atoms with Crippen molar-refractivity contribution in [3.05, 3.63) is 99.7 Å². The van der Waals surface area contributed by atoms with Crippen molar-refractivity contribution in [1.29, 1.82) is 0 Å². The Hall–Kier alpha value is -3.96. The van der Waals surface area contributed by atoms with Gasteiger partial charge in [-0.15, -0.1) is 0 Å². The predicted molar refractivity (Wildman–Crippen MR) is 189 cm³/mol. The van der Waals surface area contributed by atoms with Crippen LogP contribution in [-0.4, -0.2) is 92.3 Å². The number of aromatic nitrogens is 1. The average molecular weight is 748 g/mol. The number of halogens is 4. The minimum Gasteiger partial charge on any atom is -0.497 e. The molecule has 3 atom stereocenters. The van der Waals surface area contributed by atoms with E-state index in [1.165, 1.54) is 9.80 Å². The largest absolute Gasteiger partial charge is 0.497 e. The molecule has 3 unspecified atom stereocenters. The summed E-state index contributed by atoms with van der Waals surface area (Å²) in [5.74, 6) is -2.24. The second-order valence-corrected chi connectivity index (χ2v) is 13.6. The molecule has 1 fully saturated rings. The third kappa shape index (κ3) is 8.99. The molecule has 1 aliphatic heterocycles. The van der Waals surface area contributed by atoms with E-state index in [0.717, 1.165) is 32.5 Å². The summed E-state index contributed by atoms with van der Waals surface area (Å²) >= 11 is 25.4. The monoisotopic (exact) mass is 746 g/mol. The highest BCUT2D eigenvalue weighted by Gasteiger charge is 2.43. The number of hydrogen-bond acceptors (Lipinski definition) is 5. The third-order valence-corrected chi connectivity index (χ3v) is 9.76. The van der Waals surface area contributed by atoms with Crippen molar-refractivity contribution in [1.82, 2.24) is 19.7 Å². The van der Waals surface area contributed by atoms with Crippen LogP contribution in [-0.2, 0) is 38.4 Å². The zero-order valence-corrected chi connectivity index (χ0v) is 29.5. The van der Waals surface area contributed by atoms with E-state index in [0.29, 0.717) is 22.2 Å². The number of carboxylic acid groups (broad SMARTS) is 1. The van der Waals surface area contributed by atoms with Crippen LogP contribution in [0.1, 0.15) is 23.1 Å². The topological polar surface area (TPSA) is 123 Å². The average Bonchev–Trinajstić information content (AvgIpc) is 3.48. The number of fused-ring (bicyclic) bond motifs is 1. The lowest BCUT2D eigenvalue weighted by atomic mass is 10.0. The van der Waals surface area contributed by atoms with Gasteiger partial charge in [0.2, 0.25) is 17.7 Å². The van der Waals surface area contributed by atoms with Crippen LogP contribution in [0.25, 0.3) is 10.9 Å². The summed E-state index contributed by atoms with van der Waals surface area (Å²) in [6.07, 6.45) is 2.05. The maximum atomic E-state index is 14.2. The van der Waals surface area contributed by atoms with E-state index in [1.54, 1.807) is 55.6 Å². The number of benzene rings is 3. The van der Waals surface area contributed by atoms with Gasteiger partial charge in [-0.2, -0.15) is 0 Å². The van der Waals surface area contributed by atoms with E-state index < -0.39 is 53.7 Å². The van der Waals surface area contributed by atoms with E-state index in [-0.39, 0.29) is 25.9 Å². The number of aliphatic carboxylic acids is 1. The number of rotatable bonds is 14. The van der Waals surface area contributed by atoms with Gasteiger partial charge in [0.1, 0.15) is 35.9 Å². The van der Waals surface area contributed by atoms with Gasteiger partial charge in [-0.25, -0.2) is 0 Å². The van der Waals surface area contributed by atoms with Crippen molar-refractivity contribution in [3.63, 3.8) is 0 Å². The number of hydrogen-bond donors (Lipinski definition) is 2. The van der Waals surface area contributed by atoms with E-state index in [2.05, 4.69) is 4.98 Å².